The maximum atomic E-state index is 11.8. The number of hydrogen-bond acceptors (Lipinski definition) is 4. The Morgan fingerprint density at radius 3 is 2.60 bits per heavy atom. The minimum atomic E-state index is -1.21. The molecule has 1 aromatic heterocycles. The molecule has 0 radical (unpaired) electrons. The van der Waals surface area contributed by atoms with Crippen LogP contribution in [-0.2, 0) is 11.4 Å². The van der Waals surface area contributed by atoms with Gasteiger partial charge < -0.3 is 4.55 Å². The van der Waals surface area contributed by atoms with Crippen molar-refractivity contribution in [3.05, 3.63) is 15.0 Å². The monoisotopic (exact) mass is 308 g/mol. The SMILES string of the molecule is C/C(=N\[S@@+]([O-])C(C)(C)C)c1cnc(Br)s1. The van der Waals surface area contributed by atoms with Crippen molar-refractivity contribution in [3.63, 3.8) is 0 Å². The molecule has 0 saturated carbocycles. The highest BCUT2D eigenvalue weighted by molar-refractivity contribution is 9.11. The molecule has 0 unspecified atom stereocenters. The first-order valence-corrected chi connectivity index (χ1v) is 7.11. The quantitative estimate of drug-likeness (QED) is 0.622. The summed E-state index contributed by atoms with van der Waals surface area (Å²) in [4.78, 5) is 5.01. The number of rotatable bonds is 2. The van der Waals surface area contributed by atoms with Crippen molar-refractivity contribution in [3.8, 4) is 0 Å². The van der Waals surface area contributed by atoms with Crippen molar-refractivity contribution in [2.24, 2.45) is 4.40 Å². The van der Waals surface area contributed by atoms with Gasteiger partial charge in [-0.2, -0.15) is 0 Å². The third kappa shape index (κ3) is 3.86. The third-order valence-electron chi connectivity index (χ3n) is 1.58. The molecule has 3 nitrogen and oxygen atoms in total. The summed E-state index contributed by atoms with van der Waals surface area (Å²) in [5.41, 5.74) is 0.770. The molecule has 1 heterocycles. The van der Waals surface area contributed by atoms with Crippen LogP contribution < -0.4 is 0 Å². The van der Waals surface area contributed by atoms with Crippen molar-refractivity contribution in [1.29, 1.82) is 0 Å². The second kappa shape index (κ2) is 4.95. The van der Waals surface area contributed by atoms with Gasteiger partial charge in [0, 0.05) is 6.20 Å². The number of thiazole rings is 1. The zero-order chi connectivity index (χ0) is 11.6. The Morgan fingerprint density at radius 1 is 1.60 bits per heavy atom. The van der Waals surface area contributed by atoms with Gasteiger partial charge in [0.25, 0.3) is 0 Å². The largest absolute Gasteiger partial charge is 0.591 e. The van der Waals surface area contributed by atoms with Gasteiger partial charge in [0.1, 0.15) is 21.8 Å². The highest BCUT2D eigenvalue weighted by atomic mass is 79.9. The Bertz CT molecular complexity index is 370. The number of hydrogen-bond donors (Lipinski definition) is 0. The first-order chi connectivity index (χ1) is 6.80. The number of halogens is 1. The van der Waals surface area contributed by atoms with Crippen LogP contribution in [0, 0.1) is 0 Å². The molecule has 0 bridgehead atoms. The summed E-state index contributed by atoms with van der Waals surface area (Å²) >= 11 is 3.56. The van der Waals surface area contributed by atoms with E-state index in [9.17, 15) is 4.55 Å². The van der Waals surface area contributed by atoms with Crippen LogP contribution in [0.1, 0.15) is 32.6 Å². The van der Waals surface area contributed by atoms with Crippen LogP contribution in [0.3, 0.4) is 0 Å². The van der Waals surface area contributed by atoms with Crippen molar-refractivity contribution in [2.75, 3.05) is 0 Å². The molecule has 15 heavy (non-hydrogen) atoms. The zero-order valence-corrected chi connectivity index (χ0v) is 12.3. The van der Waals surface area contributed by atoms with Crippen LogP contribution in [0.15, 0.2) is 14.5 Å². The summed E-state index contributed by atoms with van der Waals surface area (Å²) in [7, 11) is 0. The average molecular weight is 309 g/mol. The minimum Gasteiger partial charge on any atom is -0.591 e. The lowest BCUT2D eigenvalue weighted by Gasteiger charge is -2.18. The Hall–Kier alpha value is 0.0900. The van der Waals surface area contributed by atoms with Crippen molar-refractivity contribution in [1.82, 2.24) is 4.98 Å². The van der Waals surface area contributed by atoms with Gasteiger partial charge in [0.05, 0.1) is 4.88 Å². The van der Waals surface area contributed by atoms with E-state index in [2.05, 4.69) is 25.3 Å². The lowest BCUT2D eigenvalue weighted by atomic mass is 10.3. The van der Waals surface area contributed by atoms with E-state index in [1.165, 1.54) is 11.3 Å². The van der Waals surface area contributed by atoms with Crippen molar-refractivity contribution >= 4 is 44.3 Å². The van der Waals surface area contributed by atoms with Gasteiger partial charge in [0.2, 0.25) is 0 Å². The summed E-state index contributed by atoms with van der Waals surface area (Å²) < 4.78 is 16.4. The predicted octanol–water partition coefficient (Wildman–Crippen LogP) is 3.18. The highest BCUT2D eigenvalue weighted by Crippen LogP contribution is 2.22. The molecule has 1 rings (SSSR count). The van der Waals surface area contributed by atoms with Crippen molar-refractivity contribution < 1.29 is 4.55 Å². The van der Waals surface area contributed by atoms with Crippen LogP contribution in [0.5, 0.6) is 0 Å². The molecule has 84 valence electrons. The van der Waals surface area contributed by atoms with E-state index in [-0.39, 0.29) is 4.75 Å². The molecule has 0 N–H and O–H groups in total. The van der Waals surface area contributed by atoms with Gasteiger partial charge in [-0.25, -0.2) is 4.98 Å². The minimum absolute atomic E-state index is 0.316. The van der Waals surface area contributed by atoms with Gasteiger partial charge in [-0.1, -0.05) is 4.40 Å². The van der Waals surface area contributed by atoms with E-state index in [4.69, 9.17) is 0 Å². The van der Waals surface area contributed by atoms with Gasteiger partial charge in [0.15, 0.2) is 3.92 Å². The van der Waals surface area contributed by atoms with Crippen LogP contribution in [0.2, 0.25) is 0 Å². The molecule has 1 aromatic rings. The van der Waals surface area contributed by atoms with Crippen LogP contribution in [0.25, 0.3) is 0 Å². The fourth-order valence-electron chi connectivity index (χ4n) is 0.726. The van der Waals surface area contributed by atoms with E-state index >= 15 is 0 Å². The lowest BCUT2D eigenvalue weighted by Crippen LogP contribution is -2.26. The van der Waals surface area contributed by atoms with Gasteiger partial charge in [-0.3, -0.25) is 0 Å². The summed E-state index contributed by atoms with van der Waals surface area (Å²) in [6.07, 6.45) is 1.73. The molecule has 0 aromatic carbocycles. The molecular weight excluding hydrogens is 296 g/mol. The molecule has 0 amide bonds. The lowest BCUT2D eigenvalue weighted by molar-refractivity contribution is 0.561. The van der Waals surface area contributed by atoms with E-state index in [1.54, 1.807) is 6.20 Å². The highest BCUT2D eigenvalue weighted by Gasteiger charge is 2.26. The predicted molar refractivity (Wildman–Crippen MR) is 69.9 cm³/mol. The first kappa shape index (κ1) is 13.2. The fraction of sp³-hybridized carbons (Fsp3) is 0.556. The summed E-state index contributed by atoms with van der Waals surface area (Å²) in [5.74, 6) is 0. The molecule has 6 heteroatoms. The summed E-state index contributed by atoms with van der Waals surface area (Å²) in [6, 6.07) is 0. The van der Waals surface area contributed by atoms with Gasteiger partial charge >= 0.3 is 0 Å². The Balaban J connectivity index is 2.85. The second-order valence-electron chi connectivity index (χ2n) is 4.02. The number of nitrogens with zero attached hydrogens (tertiary/aromatic N) is 2. The topological polar surface area (TPSA) is 48.3 Å². The van der Waals surface area contributed by atoms with E-state index in [0.29, 0.717) is 0 Å². The smallest absolute Gasteiger partial charge is 0.159 e. The molecule has 0 aliphatic heterocycles. The molecule has 0 spiro atoms. The third-order valence-corrected chi connectivity index (χ3v) is 4.65. The standard InChI is InChI=1S/C9H13BrN2OS2/c1-6(7-5-11-8(10)14-7)12-15(13)9(2,3)4/h5H,1-4H3/b12-6+/t15-/m0/s1. The molecule has 1 atom stereocenters. The number of aromatic nitrogens is 1. The maximum absolute atomic E-state index is 11.8. The Kier molecular flexibility index (Phi) is 4.34. The van der Waals surface area contributed by atoms with Crippen LogP contribution >= 0.6 is 27.3 Å². The summed E-state index contributed by atoms with van der Waals surface area (Å²) in [6.45, 7) is 7.57. The van der Waals surface area contributed by atoms with E-state index in [0.717, 1.165) is 14.5 Å². The molecule has 0 saturated heterocycles. The molecule has 0 aliphatic carbocycles. The normalized spacial score (nSPS) is 15.5. The maximum Gasteiger partial charge on any atom is 0.159 e. The van der Waals surface area contributed by atoms with Gasteiger partial charge in [-0.15, -0.1) is 11.3 Å². The van der Waals surface area contributed by atoms with E-state index in [1.807, 2.05) is 27.7 Å². The van der Waals surface area contributed by atoms with E-state index < -0.39 is 11.4 Å². The molecule has 0 aliphatic rings. The molecular formula is C9H13BrN2OS2. The van der Waals surface area contributed by atoms with Gasteiger partial charge in [-0.05, 0) is 43.6 Å². The second-order valence-corrected chi connectivity index (χ2v) is 8.23. The summed E-state index contributed by atoms with van der Waals surface area (Å²) in [5, 5.41) is 0. The van der Waals surface area contributed by atoms with Crippen LogP contribution in [0.4, 0.5) is 0 Å². The molecule has 0 fully saturated rings. The zero-order valence-electron chi connectivity index (χ0n) is 9.07. The average Bonchev–Trinajstić information content (AvgIpc) is 2.50. The Labute approximate surface area is 105 Å². The fourth-order valence-corrected chi connectivity index (χ4v) is 2.62. The first-order valence-electron chi connectivity index (χ1n) is 4.39. The Morgan fingerprint density at radius 2 is 2.20 bits per heavy atom. The van der Waals surface area contributed by atoms with Crippen LogP contribution in [-0.4, -0.2) is 20.0 Å². The van der Waals surface area contributed by atoms with Crippen molar-refractivity contribution in [2.45, 2.75) is 32.4 Å².